The summed E-state index contributed by atoms with van der Waals surface area (Å²) in [5.41, 5.74) is -1.07. The van der Waals surface area contributed by atoms with Crippen LogP contribution < -0.4 is 0 Å². The number of carbonyl (C=O) groups is 2. The number of hydroxylamine groups is 2. The van der Waals surface area contributed by atoms with E-state index in [4.69, 9.17) is 27.6 Å². The smallest absolute Gasteiger partial charge is 0.281 e. The van der Waals surface area contributed by atoms with Crippen molar-refractivity contribution in [3.63, 3.8) is 0 Å². The second-order valence-corrected chi connectivity index (χ2v) is 6.78. The molecule has 128 valence electrons. The van der Waals surface area contributed by atoms with Gasteiger partial charge in [-0.3, -0.25) is 14.8 Å². The van der Waals surface area contributed by atoms with E-state index in [-0.39, 0.29) is 16.1 Å². The Balaban J connectivity index is 2.33. The molecule has 5 nitrogen and oxygen atoms in total. The maximum atomic E-state index is 12.7. The van der Waals surface area contributed by atoms with Crippen molar-refractivity contribution >= 4 is 34.9 Å². The SMILES string of the molecule is Cc1cc(C(=O)N(O)C(C)(C)C(=O)c2ccc(Cl)c(Cl)c2)c(C)o1. The normalized spacial score (nSPS) is 11.5. The number of halogens is 2. The maximum Gasteiger partial charge on any atom is 0.281 e. The Morgan fingerprint density at radius 1 is 1.12 bits per heavy atom. The number of hydrogen-bond acceptors (Lipinski definition) is 4. The largest absolute Gasteiger partial charge is 0.466 e. The van der Waals surface area contributed by atoms with Crippen molar-refractivity contribution in [2.75, 3.05) is 0 Å². The molecular formula is C17H17Cl2NO4. The molecule has 0 atom stereocenters. The quantitative estimate of drug-likeness (QED) is 0.481. The van der Waals surface area contributed by atoms with Gasteiger partial charge in [-0.1, -0.05) is 23.2 Å². The van der Waals surface area contributed by atoms with Crippen LogP contribution in [-0.4, -0.2) is 27.5 Å². The summed E-state index contributed by atoms with van der Waals surface area (Å²) in [6.45, 7) is 6.19. The average molecular weight is 370 g/mol. The number of hydrogen-bond donors (Lipinski definition) is 1. The van der Waals surface area contributed by atoms with Crippen molar-refractivity contribution in [2.24, 2.45) is 0 Å². The van der Waals surface area contributed by atoms with Crippen molar-refractivity contribution in [1.82, 2.24) is 5.06 Å². The maximum absolute atomic E-state index is 12.7. The fraction of sp³-hybridized carbons (Fsp3) is 0.294. The standard InChI is InChI=1S/C17H17Cl2NO4/c1-9-7-12(10(2)24-9)16(22)20(23)17(3,4)15(21)11-5-6-13(18)14(19)8-11/h5-8,23H,1-4H3. The number of ketones is 1. The first-order chi connectivity index (χ1) is 11.1. The number of amides is 1. The molecule has 24 heavy (non-hydrogen) atoms. The lowest BCUT2D eigenvalue weighted by Gasteiger charge is -2.31. The Morgan fingerprint density at radius 3 is 2.25 bits per heavy atom. The average Bonchev–Trinajstić information content (AvgIpc) is 2.86. The number of rotatable bonds is 4. The van der Waals surface area contributed by atoms with Gasteiger partial charge in [-0.05, 0) is 52.0 Å². The third kappa shape index (κ3) is 3.34. The van der Waals surface area contributed by atoms with E-state index in [1.165, 1.54) is 38.1 Å². The Morgan fingerprint density at radius 2 is 1.75 bits per heavy atom. The summed E-state index contributed by atoms with van der Waals surface area (Å²) in [5, 5.41) is 11.3. The molecule has 1 amide bonds. The Hall–Kier alpha value is -1.82. The molecule has 0 bridgehead atoms. The summed E-state index contributed by atoms with van der Waals surface area (Å²) < 4.78 is 5.30. The number of benzene rings is 1. The highest BCUT2D eigenvalue weighted by molar-refractivity contribution is 6.42. The first kappa shape index (κ1) is 18.5. The summed E-state index contributed by atoms with van der Waals surface area (Å²) in [6.07, 6.45) is 0. The minimum atomic E-state index is -1.51. The van der Waals surface area contributed by atoms with Crippen LogP contribution in [0.15, 0.2) is 28.7 Å². The fourth-order valence-corrected chi connectivity index (χ4v) is 2.60. The van der Waals surface area contributed by atoms with E-state index in [0.29, 0.717) is 21.6 Å². The van der Waals surface area contributed by atoms with Crippen LogP contribution in [0, 0.1) is 13.8 Å². The molecule has 0 saturated heterocycles. The van der Waals surface area contributed by atoms with Crippen LogP contribution in [0.4, 0.5) is 0 Å². The number of nitrogens with zero attached hydrogens (tertiary/aromatic N) is 1. The molecular weight excluding hydrogens is 353 g/mol. The monoisotopic (exact) mass is 369 g/mol. The summed E-state index contributed by atoms with van der Waals surface area (Å²) in [5.74, 6) is -0.287. The predicted molar refractivity (Wildman–Crippen MR) is 91.0 cm³/mol. The van der Waals surface area contributed by atoms with E-state index in [1.807, 2.05) is 0 Å². The van der Waals surface area contributed by atoms with Gasteiger partial charge in [0, 0.05) is 5.56 Å². The number of carbonyl (C=O) groups excluding carboxylic acids is 2. The zero-order valence-electron chi connectivity index (χ0n) is 13.7. The van der Waals surface area contributed by atoms with E-state index in [1.54, 1.807) is 13.8 Å². The van der Waals surface area contributed by atoms with E-state index < -0.39 is 17.2 Å². The summed E-state index contributed by atoms with van der Waals surface area (Å²) in [4.78, 5) is 25.2. The summed E-state index contributed by atoms with van der Waals surface area (Å²) >= 11 is 11.8. The zero-order valence-corrected chi connectivity index (χ0v) is 15.2. The topological polar surface area (TPSA) is 70.8 Å². The lowest BCUT2D eigenvalue weighted by molar-refractivity contribution is -0.106. The first-order valence-electron chi connectivity index (χ1n) is 7.16. The van der Waals surface area contributed by atoms with Gasteiger partial charge in [0.25, 0.3) is 5.91 Å². The third-order valence-corrected chi connectivity index (χ3v) is 4.47. The molecule has 2 rings (SSSR count). The van der Waals surface area contributed by atoms with Crippen LogP contribution in [0.2, 0.25) is 10.0 Å². The van der Waals surface area contributed by atoms with Crippen LogP contribution in [0.5, 0.6) is 0 Å². The molecule has 0 fully saturated rings. The molecule has 1 heterocycles. The van der Waals surface area contributed by atoms with Crippen molar-refractivity contribution < 1.29 is 19.2 Å². The van der Waals surface area contributed by atoms with Gasteiger partial charge in [-0.2, -0.15) is 0 Å². The second kappa shape index (κ2) is 6.59. The van der Waals surface area contributed by atoms with Crippen LogP contribution in [0.3, 0.4) is 0 Å². The van der Waals surface area contributed by atoms with E-state index in [0.717, 1.165) is 0 Å². The highest BCUT2D eigenvalue weighted by atomic mass is 35.5. The van der Waals surface area contributed by atoms with Gasteiger partial charge in [0.1, 0.15) is 17.1 Å². The Bertz CT molecular complexity index is 811. The molecule has 0 aliphatic heterocycles. The molecule has 0 spiro atoms. The highest BCUT2D eigenvalue weighted by Crippen LogP contribution is 2.27. The molecule has 1 aromatic carbocycles. The third-order valence-electron chi connectivity index (χ3n) is 3.73. The van der Waals surface area contributed by atoms with Gasteiger partial charge in [-0.25, -0.2) is 5.06 Å². The molecule has 0 aliphatic rings. The van der Waals surface area contributed by atoms with Crippen LogP contribution in [0.1, 0.15) is 46.1 Å². The molecule has 0 radical (unpaired) electrons. The molecule has 2 aromatic rings. The minimum Gasteiger partial charge on any atom is -0.466 e. The van der Waals surface area contributed by atoms with Gasteiger partial charge in [0.05, 0.1) is 15.6 Å². The zero-order chi connectivity index (χ0) is 18.2. The lowest BCUT2D eigenvalue weighted by Crippen LogP contribution is -2.51. The van der Waals surface area contributed by atoms with Gasteiger partial charge in [0.15, 0.2) is 5.78 Å². The van der Waals surface area contributed by atoms with Crippen molar-refractivity contribution in [3.8, 4) is 0 Å². The number of aryl methyl sites for hydroxylation is 2. The van der Waals surface area contributed by atoms with Gasteiger partial charge >= 0.3 is 0 Å². The molecule has 0 unspecified atom stereocenters. The minimum absolute atomic E-state index is 0.199. The Kier molecular flexibility index (Phi) is 5.08. The van der Waals surface area contributed by atoms with Crippen LogP contribution in [0.25, 0.3) is 0 Å². The Labute approximate surface area is 149 Å². The van der Waals surface area contributed by atoms with E-state index >= 15 is 0 Å². The molecule has 7 heteroatoms. The van der Waals surface area contributed by atoms with E-state index in [9.17, 15) is 14.8 Å². The predicted octanol–water partition coefficient (Wildman–Crippen LogP) is 4.70. The van der Waals surface area contributed by atoms with Gasteiger partial charge in [0.2, 0.25) is 0 Å². The van der Waals surface area contributed by atoms with Gasteiger partial charge < -0.3 is 4.42 Å². The summed E-state index contributed by atoms with van der Waals surface area (Å²) in [7, 11) is 0. The van der Waals surface area contributed by atoms with Crippen molar-refractivity contribution in [3.05, 3.63) is 57.0 Å². The number of Topliss-reactive ketones (excluding diaryl/α,β-unsaturated/α-hetero) is 1. The first-order valence-corrected chi connectivity index (χ1v) is 7.91. The van der Waals surface area contributed by atoms with Crippen molar-refractivity contribution in [1.29, 1.82) is 0 Å². The van der Waals surface area contributed by atoms with Crippen LogP contribution >= 0.6 is 23.2 Å². The lowest BCUT2D eigenvalue weighted by atomic mass is 9.92. The number of furan rings is 1. The molecule has 0 aliphatic carbocycles. The molecule has 1 N–H and O–H groups in total. The summed E-state index contributed by atoms with van der Waals surface area (Å²) in [6, 6.07) is 5.89. The highest BCUT2D eigenvalue weighted by Gasteiger charge is 2.39. The van der Waals surface area contributed by atoms with E-state index in [2.05, 4.69) is 0 Å². The molecule has 1 aromatic heterocycles. The van der Waals surface area contributed by atoms with Crippen LogP contribution in [-0.2, 0) is 0 Å². The van der Waals surface area contributed by atoms with Crippen molar-refractivity contribution in [2.45, 2.75) is 33.2 Å². The fourth-order valence-electron chi connectivity index (χ4n) is 2.30. The van der Waals surface area contributed by atoms with Gasteiger partial charge in [-0.15, -0.1) is 0 Å². The molecule has 0 saturated carbocycles. The second-order valence-electron chi connectivity index (χ2n) is 5.96.